The summed E-state index contributed by atoms with van der Waals surface area (Å²) in [6.07, 6.45) is -4.51. The lowest BCUT2D eigenvalue weighted by Gasteiger charge is -2.16. The molecule has 2 amide bonds. The van der Waals surface area contributed by atoms with Crippen molar-refractivity contribution in [2.24, 2.45) is 0 Å². The zero-order valence-corrected chi connectivity index (χ0v) is 12.5. The minimum absolute atomic E-state index is 0.0554. The highest BCUT2D eigenvalue weighted by Crippen LogP contribution is 2.34. The molecule has 0 aromatic heterocycles. The van der Waals surface area contributed by atoms with Crippen molar-refractivity contribution in [2.45, 2.75) is 19.0 Å². The fourth-order valence-electron chi connectivity index (χ4n) is 2.15. The first-order chi connectivity index (χ1) is 10.9. The number of benzene rings is 2. The molecule has 0 spiro atoms. The third-order valence-corrected chi connectivity index (χ3v) is 3.42. The molecule has 3 nitrogen and oxygen atoms in total. The molecule has 0 unspecified atom stereocenters. The number of anilines is 1. The molecule has 0 radical (unpaired) electrons. The highest BCUT2D eigenvalue weighted by molar-refractivity contribution is 5.90. The molecular formula is C17H17F3N2O. The number of carbonyl (C=O) groups excluding carboxylic acids is 1. The van der Waals surface area contributed by atoms with Crippen molar-refractivity contribution in [3.8, 4) is 0 Å². The molecule has 2 aromatic rings. The van der Waals surface area contributed by atoms with Crippen LogP contribution in [-0.4, -0.2) is 12.6 Å². The first kappa shape index (κ1) is 16.9. The van der Waals surface area contributed by atoms with Crippen molar-refractivity contribution in [1.82, 2.24) is 5.32 Å². The molecule has 2 N–H and O–H groups in total. The van der Waals surface area contributed by atoms with Gasteiger partial charge in [0.25, 0.3) is 0 Å². The van der Waals surface area contributed by atoms with Gasteiger partial charge in [0.05, 0.1) is 11.3 Å². The van der Waals surface area contributed by atoms with Gasteiger partial charge in [-0.3, -0.25) is 0 Å². The van der Waals surface area contributed by atoms with E-state index in [0.717, 1.165) is 11.6 Å². The van der Waals surface area contributed by atoms with Crippen LogP contribution < -0.4 is 10.6 Å². The molecule has 23 heavy (non-hydrogen) atoms. The largest absolute Gasteiger partial charge is 0.418 e. The summed E-state index contributed by atoms with van der Waals surface area (Å²) >= 11 is 0. The van der Waals surface area contributed by atoms with Crippen LogP contribution in [0.1, 0.15) is 24.0 Å². The molecule has 6 heteroatoms. The summed E-state index contributed by atoms with van der Waals surface area (Å²) in [6, 6.07) is 13.8. The van der Waals surface area contributed by atoms with Crippen molar-refractivity contribution in [3.63, 3.8) is 0 Å². The highest BCUT2D eigenvalue weighted by Gasteiger charge is 2.33. The molecule has 0 heterocycles. The van der Waals surface area contributed by atoms with Crippen LogP contribution in [0.25, 0.3) is 0 Å². The Morgan fingerprint density at radius 3 is 2.30 bits per heavy atom. The minimum atomic E-state index is -4.51. The van der Waals surface area contributed by atoms with E-state index < -0.39 is 17.8 Å². The van der Waals surface area contributed by atoms with Gasteiger partial charge < -0.3 is 10.6 Å². The lowest BCUT2D eigenvalue weighted by molar-refractivity contribution is -0.136. The quantitative estimate of drug-likeness (QED) is 0.846. The van der Waals surface area contributed by atoms with Crippen LogP contribution in [0.15, 0.2) is 54.6 Å². The molecule has 0 aliphatic heterocycles. The van der Waals surface area contributed by atoms with Gasteiger partial charge in [-0.1, -0.05) is 49.4 Å². The Balaban J connectivity index is 1.96. The van der Waals surface area contributed by atoms with E-state index >= 15 is 0 Å². The van der Waals surface area contributed by atoms with E-state index in [4.69, 9.17) is 0 Å². The van der Waals surface area contributed by atoms with Crippen molar-refractivity contribution < 1.29 is 18.0 Å². The standard InChI is InChI=1S/C17H17F3N2O/c1-12(13-7-3-2-4-8-13)11-21-16(23)22-15-10-6-5-9-14(15)17(18,19)20/h2-10,12H,11H2,1H3,(H2,21,22,23)/t12-/m1/s1. The average molecular weight is 322 g/mol. The van der Waals surface area contributed by atoms with E-state index in [-0.39, 0.29) is 11.6 Å². The van der Waals surface area contributed by atoms with Crippen LogP contribution in [0.5, 0.6) is 0 Å². The van der Waals surface area contributed by atoms with Gasteiger partial charge in [-0.05, 0) is 23.6 Å². The molecule has 122 valence electrons. The number of carbonyl (C=O) groups is 1. The number of amides is 2. The van der Waals surface area contributed by atoms with Crippen LogP contribution in [0, 0.1) is 0 Å². The van der Waals surface area contributed by atoms with Gasteiger partial charge in [-0.25, -0.2) is 4.79 Å². The van der Waals surface area contributed by atoms with Gasteiger partial charge in [0.1, 0.15) is 0 Å². The summed E-state index contributed by atoms with van der Waals surface area (Å²) in [5, 5.41) is 4.84. The molecule has 0 bridgehead atoms. The highest BCUT2D eigenvalue weighted by atomic mass is 19.4. The van der Waals surface area contributed by atoms with Crippen LogP contribution >= 0.6 is 0 Å². The SMILES string of the molecule is C[C@H](CNC(=O)Nc1ccccc1C(F)(F)F)c1ccccc1. The second kappa shape index (κ2) is 7.17. The van der Waals surface area contributed by atoms with E-state index in [1.54, 1.807) is 0 Å². The molecule has 2 rings (SSSR count). The molecule has 2 aromatic carbocycles. The van der Waals surface area contributed by atoms with Crippen molar-refractivity contribution in [2.75, 3.05) is 11.9 Å². The third kappa shape index (κ3) is 4.74. The zero-order valence-electron chi connectivity index (χ0n) is 12.5. The van der Waals surface area contributed by atoms with Crippen LogP contribution in [0.2, 0.25) is 0 Å². The number of hydrogen-bond donors (Lipinski definition) is 2. The summed E-state index contributed by atoms with van der Waals surface area (Å²) in [6.45, 7) is 2.25. The number of rotatable bonds is 4. The van der Waals surface area contributed by atoms with Crippen molar-refractivity contribution in [3.05, 3.63) is 65.7 Å². The Hall–Kier alpha value is -2.50. The number of para-hydroxylation sites is 1. The monoisotopic (exact) mass is 322 g/mol. The van der Waals surface area contributed by atoms with Gasteiger partial charge in [0.15, 0.2) is 0 Å². The zero-order chi connectivity index (χ0) is 16.9. The Morgan fingerprint density at radius 1 is 1.04 bits per heavy atom. The van der Waals surface area contributed by atoms with Gasteiger partial charge in [-0.15, -0.1) is 0 Å². The maximum Gasteiger partial charge on any atom is 0.418 e. The topological polar surface area (TPSA) is 41.1 Å². The number of alkyl halides is 3. The van der Waals surface area contributed by atoms with Gasteiger partial charge in [0.2, 0.25) is 0 Å². The Bertz CT molecular complexity index is 656. The molecule has 0 saturated carbocycles. The number of nitrogens with one attached hydrogen (secondary N) is 2. The number of hydrogen-bond acceptors (Lipinski definition) is 1. The molecule has 1 atom stereocenters. The lowest BCUT2D eigenvalue weighted by Crippen LogP contribution is -2.32. The number of halogens is 3. The third-order valence-electron chi connectivity index (χ3n) is 3.42. The van der Waals surface area contributed by atoms with Gasteiger partial charge in [-0.2, -0.15) is 13.2 Å². The normalized spacial score (nSPS) is 12.5. The summed E-state index contributed by atoms with van der Waals surface area (Å²) in [4.78, 5) is 11.8. The first-order valence-corrected chi connectivity index (χ1v) is 7.14. The van der Waals surface area contributed by atoms with E-state index in [0.29, 0.717) is 6.54 Å². The summed E-state index contributed by atoms with van der Waals surface area (Å²) < 4.78 is 38.6. The fraction of sp³-hybridized carbons (Fsp3) is 0.235. The predicted octanol–water partition coefficient (Wildman–Crippen LogP) is 4.63. The van der Waals surface area contributed by atoms with Crippen molar-refractivity contribution >= 4 is 11.7 Å². The molecule has 0 aliphatic carbocycles. The Labute approximate surface area is 132 Å². The van der Waals surface area contributed by atoms with E-state index in [1.165, 1.54) is 18.2 Å². The van der Waals surface area contributed by atoms with Gasteiger partial charge >= 0.3 is 12.2 Å². The lowest BCUT2D eigenvalue weighted by atomic mass is 10.0. The minimum Gasteiger partial charge on any atom is -0.337 e. The second-order valence-corrected chi connectivity index (χ2v) is 5.19. The van der Waals surface area contributed by atoms with Crippen LogP contribution in [0.4, 0.5) is 23.7 Å². The number of urea groups is 1. The van der Waals surface area contributed by atoms with E-state index in [2.05, 4.69) is 10.6 Å². The fourth-order valence-corrected chi connectivity index (χ4v) is 2.15. The van der Waals surface area contributed by atoms with Crippen LogP contribution in [-0.2, 0) is 6.18 Å². The van der Waals surface area contributed by atoms with Gasteiger partial charge in [0, 0.05) is 6.54 Å². The molecule has 0 fully saturated rings. The summed E-state index contributed by atoms with van der Waals surface area (Å²) in [5.41, 5.74) is -0.0837. The van der Waals surface area contributed by atoms with E-state index in [1.807, 2.05) is 37.3 Å². The smallest absolute Gasteiger partial charge is 0.337 e. The van der Waals surface area contributed by atoms with Crippen molar-refractivity contribution in [1.29, 1.82) is 0 Å². The average Bonchev–Trinajstić information content (AvgIpc) is 2.53. The van der Waals surface area contributed by atoms with Crippen LogP contribution in [0.3, 0.4) is 0 Å². The van der Waals surface area contributed by atoms with E-state index in [9.17, 15) is 18.0 Å². The molecule has 0 aliphatic rings. The summed E-state index contributed by atoms with van der Waals surface area (Å²) in [7, 11) is 0. The molecular weight excluding hydrogens is 305 g/mol. The molecule has 0 saturated heterocycles. The summed E-state index contributed by atoms with van der Waals surface area (Å²) in [5.74, 6) is 0.0554. The maximum atomic E-state index is 12.9. The second-order valence-electron chi connectivity index (χ2n) is 5.19. The Kier molecular flexibility index (Phi) is 5.26. The Morgan fingerprint density at radius 2 is 1.65 bits per heavy atom. The first-order valence-electron chi connectivity index (χ1n) is 7.14. The predicted molar refractivity (Wildman–Crippen MR) is 83.3 cm³/mol. The maximum absolute atomic E-state index is 12.9.